The van der Waals surface area contributed by atoms with E-state index in [2.05, 4.69) is 174 Å². The summed E-state index contributed by atoms with van der Waals surface area (Å²) in [6.45, 7) is 0. The van der Waals surface area contributed by atoms with Crippen LogP contribution in [0.5, 0.6) is 0 Å². The fourth-order valence-electron chi connectivity index (χ4n) is 6.99. The highest BCUT2D eigenvalue weighted by Crippen LogP contribution is 2.43. The topological polar surface area (TPSA) is 51.6 Å². The van der Waals surface area contributed by atoms with Crippen molar-refractivity contribution in [3.05, 3.63) is 207 Å². The van der Waals surface area contributed by atoms with Crippen LogP contribution in [0.25, 0.3) is 89.5 Å². The van der Waals surface area contributed by atoms with Crippen molar-refractivity contribution in [2.45, 2.75) is 0 Å². The maximum atomic E-state index is 5.31. The van der Waals surface area contributed by atoms with Gasteiger partial charge in [0, 0.05) is 41.5 Å². The lowest BCUT2D eigenvalue weighted by Crippen LogP contribution is -1.98. The van der Waals surface area contributed by atoms with Gasteiger partial charge in [-0.1, -0.05) is 146 Å². The van der Waals surface area contributed by atoms with Gasteiger partial charge in [-0.3, -0.25) is 9.97 Å². The fourth-order valence-corrected chi connectivity index (χ4v) is 6.99. The van der Waals surface area contributed by atoms with Crippen LogP contribution < -0.4 is 0 Å². The molecule has 3 aromatic heterocycles. The Labute approximate surface area is 315 Å². The number of benzene rings is 6. The standard InChI is InChI=1S/C50H34N4/c1-4-11-38(12-5-1)45-31-44(32-46(39-13-6-2-7-14-39)49(45)42-15-8-3-9-16-42)50-53-47(40-22-18-35(19-23-40)37-26-29-51-30-27-37)33-48(54-50)41-24-20-36(21-25-41)43-17-10-28-52-34-43/h1-34H. The molecule has 0 amide bonds. The van der Waals surface area contributed by atoms with Crippen LogP contribution in [0.1, 0.15) is 0 Å². The van der Waals surface area contributed by atoms with Gasteiger partial charge < -0.3 is 0 Å². The van der Waals surface area contributed by atoms with Crippen LogP contribution >= 0.6 is 0 Å². The van der Waals surface area contributed by atoms with Gasteiger partial charge in [-0.25, -0.2) is 9.97 Å². The summed E-state index contributed by atoms with van der Waals surface area (Å²) in [6, 6.07) is 63.7. The lowest BCUT2D eigenvalue weighted by molar-refractivity contribution is 1.18. The van der Waals surface area contributed by atoms with E-state index >= 15 is 0 Å². The summed E-state index contributed by atoms with van der Waals surface area (Å²) in [5, 5.41) is 0. The molecule has 0 atom stereocenters. The summed E-state index contributed by atoms with van der Waals surface area (Å²) in [7, 11) is 0. The van der Waals surface area contributed by atoms with E-state index < -0.39 is 0 Å². The van der Waals surface area contributed by atoms with Crippen molar-refractivity contribution in [1.82, 2.24) is 19.9 Å². The summed E-state index contributed by atoms with van der Waals surface area (Å²) in [4.78, 5) is 19.1. The Morgan fingerprint density at radius 2 is 0.722 bits per heavy atom. The molecule has 0 saturated heterocycles. The molecule has 254 valence electrons. The van der Waals surface area contributed by atoms with Crippen LogP contribution in [0, 0.1) is 0 Å². The molecule has 0 N–H and O–H groups in total. The van der Waals surface area contributed by atoms with Crippen molar-refractivity contribution < 1.29 is 0 Å². The minimum Gasteiger partial charge on any atom is -0.265 e. The molecule has 0 unspecified atom stereocenters. The first-order valence-corrected chi connectivity index (χ1v) is 18.0. The van der Waals surface area contributed by atoms with Gasteiger partial charge in [-0.15, -0.1) is 0 Å². The third-order valence-electron chi connectivity index (χ3n) is 9.72. The molecular weight excluding hydrogens is 657 g/mol. The molecule has 4 heteroatoms. The van der Waals surface area contributed by atoms with Crippen molar-refractivity contribution in [2.75, 3.05) is 0 Å². The van der Waals surface area contributed by atoms with Crippen LogP contribution in [0.15, 0.2) is 207 Å². The second-order valence-corrected chi connectivity index (χ2v) is 13.1. The van der Waals surface area contributed by atoms with Gasteiger partial charge in [0.25, 0.3) is 0 Å². The summed E-state index contributed by atoms with van der Waals surface area (Å²) >= 11 is 0. The summed E-state index contributed by atoms with van der Waals surface area (Å²) in [5.74, 6) is 0.658. The van der Waals surface area contributed by atoms with Crippen molar-refractivity contribution >= 4 is 0 Å². The van der Waals surface area contributed by atoms with Gasteiger partial charge in [0.05, 0.1) is 11.4 Å². The molecule has 0 aliphatic heterocycles. The van der Waals surface area contributed by atoms with E-state index in [1.54, 1.807) is 6.20 Å². The van der Waals surface area contributed by atoms with Crippen LogP contribution in [-0.2, 0) is 0 Å². The molecule has 4 nitrogen and oxygen atoms in total. The Bertz CT molecular complexity index is 2480. The van der Waals surface area contributed by atoms with Crippen molar-refractivity contribution in [1.29, 1.82) is 0 Å². The zero-order chi connectivity index (χ0) is 36.1. The third-order valence-corrected chi connectivity index (χ3v) is 9.72. The van der Waals surface area contributed by atoms with Gasteiger partial charge in [0.2, 0.25) is 0 Å². The molecule has 0 bridgehead atoms. The molecule has 0 spiro atoms. The highest BCUT2D eigenvalue weighted by atomic mass is 14.9. The molecular formula is C50H34N4. The number of pyridine rings is 2. The molecule has 54 heavy (non-hydrogen) atoms. The smallest absolute Gasteiger partial charge is 0.160 e. The lowest BCUT2D eigenvalue weighted by atomic mass is 9.86. The van der Waals surface area contributed by atoms with Gasteiger partial charge in [0.15, 0.2) is 5.82 Å². The summed E-state index contributed by atoms with van der Waals surface area (Å²) in [5.41, 5.74) is 15.9. The molecule has 0 saturated carbocycles. The monoisotopic (exact) mass is 690 g/mol. The average molecular weight is 691 g/mol. The Morgan fingerprint density at radius 3 is 1.22 bits per heavy atom. The summed E-state index contributed by atoms with van der Waals surface area (Å²) < 4.78 is 0. The second-order valence-electron chi connectivity index (χ2n) is 13.1. The molecule has 0 aliphatic rings. The van der Waals surface area contributed by atoms with E-state index in [9.17, 15) is 0 Å². The van der Waals surface area contributed by atoms with Gasteiger partial charge in [-0.05, 0) is 92.0 Å². The minimum absolute atomic E-state index is 0.658. The van der Waals surface area contributed by atoms with Gasteiger partial charge in [0.1, 0.15) is 0 Å². The normalized spacial score (nSPS) is 11.0. The predicted molar refractivity (Wildman–Crippen MR) is 221 cm³/mol. The molecule has 9 rings (SSSR count). The zero-order valence-corrected chi connectivity index (χ0v) is 29.4. The van der Waals surface area contributed by atoms with Crippen LogP contribution in [0.3, 0.4) is 0 Å². The van der Waals surface area contributed by atoms with Gasteiger partial charge >= 0.3 is 0 Å². The fraction of sp³-hybridized carbons (Fsp3) is 0. The highest BCUT2D eigenvalue weighted by Gasteiger charge is 2.19. The number of hydrogen-bond acceptors (Lipinski definition) is 4. The van der Waals surface area contributed by atoms with Crippen LogP contribution in [0.2, 0.25) is 0 Å². The first-order chi connectivity index (χ1) is 26.8. The third kappa shape index (κ3) is 6.72. The van der Waals surface area contributed by atoms with E-state index in [1.807, 2.05) is 36.8 Å². The first kappa shape index (κ1) is 32.6. The zero-order valence-electron chi connectivity index (χ0n) is 29.4. The quantitative estimate of drug-likeness (QED) is 0.159. The van der Waals surface area contributed by atoms with Crippen molar-refractivity contribution in [3.63, 3.8) is 0 Å². The van der Waals surface area contributed by atoms with E-state index in [-0.39, 0.29) is 0 Å². The van der Waals surface area contributed by atoms with E-state index in [1.165, 1.54) is 5.56 Å². The molecule has 0 radical (unpaired) electrons. The minimum atomic E-state index is 0.658. The number of rotatable bonds is 8. The number of aromatic nitrogens is 4. The van der Waals surface area contributed by atoms with Crippen LogP contribution in [0.4, 0.5) is 0 Å². The SMILES string of the molecule is c1ccc(-c2cc(-c3nc(-c4ccc(-c5ccncc5)cc4)cc(-c4ccc(-c5cccnc5)cc4)n3)cc(-c3ccccc3)c2-c2ccccc2)cc1. The Balaban J connectivity index is 1.25. The molecule has 3 heterocycles. The second kappa shape index (κ2) is 14.7. The predicted octanol–water partition coefficient (Wildman–Crippen LogP) is 12.6. The average Bonchev–Trinajstić information content (AvgIpc) is 3.27. The van der Waals surface area contributed by atoms with Gasteiger partial charge in [-0.2, -0.15) is 0 Å². The van der Waals surface area contributed by atoms with E-state index in [0.717, 1.165) is 78.1 Å². The first-order valence-electron chi connectivity index (χ1n) is 18.0. The maximum Gasteiger partial charge on any atom is 0.160 e. The molecule has 6 aromatic carbocycles. The summed E-state index contributed by atoms with van der Waals surface area (Å²) in [6.07, 6.45) is 7.33. The Kier molecular flexibility index (Phi) is 8.90. The molecule has 9 aromatic rings. The molecule has 0 fully saturated rings. The largest absolute Gasteiger partial charge is 0.265 e. The number of hydrogen-bond donors (Lipinski definition) is 0. The number of nitrogens with zero attached hydrogens (tertiary/aromatic N) is 4. The van der Waals surface area contributed by atoms with Crippen molar-refractivity contribution in [2.24, 2.45) is 0 Å². The highest BCUT2D eigenvalue weighted by molar-refractivity contribution is 5.97. The molecule has 0 aliphatic carbocycles. The van der Waals surface area contributed by atoms with E-state index in [4.69, 9.17) is 9.97 Å². The Hall–Kier alpha value is -7.30. The van der Waals surface area contributed by atoms with Crippen LogP contribution in [-0.4, -0.2) is 19.9 Å². The van der Waals surface area contributed by atoms with E-state index in [0.29, 0.717) is 5.82 Å². The lowest BCUT2D eigenvalue weighted by Gasteiger charge is -2.19. The van der Waals surface area contributed by atoms with Crippen molar-refractivity contribution in [3.8, 4) is 89.5 Å². The Morgan fingerprint density at radius 1 is 0.278 bits per heavy atom. The maximum absolute atomic E-state index is 5.31.